The first-order valence-corrected chi connectivity index (χ1v) is 7.68. The standard InChI is InChI=1S/C16H25N3O3/c1-3-6-19-11-14(9-17-19)10-18(2)12-15(20)13-22-16-4-7-21-8-5-16/h1,9,11,15-16,20H,4-8,10,12-13H2,2H3. The average molecular weight is 307 g/mol. The van der Waals surface area contributed by atoms with Crippen molar-refractivity contribution in [3.63, 3.8) is 0 Å². The van der Waals surface area contributed by atoms with Gasteiger partial charge in [-0.1, -0.05) is 5.92 Å². The molecular weight excluding hydrogens is 282 g/mol. The predicted octanol–water partition coefficient (Wildman–Crippen LogP) is 0.505. The third-order valence-electron chi connectivity index (χ3n) is 3.61. The fourth-order valence-electron chi connectivity index (χ4n) is 2.55. The van der Waals surface area contributed by atoms with Gasteiger partial charge in [-0.25, -0.2) is 0 Å². The molecule has 0 aliphatic carbocycles. The van der Waals surface area contributed by atoms with Crippen molar-refractivity contribution in [1.82, 2.24) is 14.7 Å². The molecule has 0 radical (unpaired) electrons. The summed E-state index contributed by atoms with van der Waals surface area (Å²) >= 11 is 0. The molecule has 1 saturated heterocycles. The lowest BCUT2D eigenvalue weighted by Crippen LogP contribution is -2.34. The first-order valence-electron chi connectivity index (χ1n) is 7.68. The molecule has 0 bridgehead atoms. The number of nitrogens with zero attached hydrogens (tertiary/aromatic N) is 3. The number of aliphatic hydroxyl groups excluding tert-OH is 1. The number of aromatic nitrogens is 2. The maximum Gasteiger partial charge on any atom is 0.101 e. The van der Waals surface area contributed by atoms with Gasteiger partial charge in [-0.15, -0.1) is 6.42 Å². The molecule has 1 aromatic rings. The number of ether oxygens (including phenoxy) is 2. The highest BCUT2D eigenvalue weighted by Crippen LogP contribution is 2.11. The van der Waals surface area contributed by atoms with E-state index in [0.29, 0.717) is 19.7 Å². The van der Waals surface area contributed by atoms with Gasteiger partial charge in [0.15, 0.2) is 0 Å². The fraction of sp³-hybridized carbons (Fsp3) is 0.688. The molecular formula is C16H25N3O3. The molecule has 1 aliphatic rings. The summed E-state index contributed by atoms with van der Waals surface area (Å²) in [5.74, 6) is 2.55. The topological polar surface area (TPSA) is 59.8 Å². The molecule has 122 valence electrons. The van der Waals surface area contributed by atoms with E-state index in [4.69, 9.17) is 15.9 Å². The van der Waals surface area contributed by atoms with Crippen LogP contribution in [0.3, 0.4) is 0 Å². The zero-order valence-corrected chi connectivity index (χ0v) is 13.1. The van der Waals surface area contributed by atoms with Crippen LogP contribution >= 0.6 is 0 Å². The monoisotopic (exact) mass is 307 g/mol. The lowest BCUT2D eigenvalue weighted by atomic mass is 10.1. The highest BCUT2D eigenvalue weighted by atomic mass is 16.5. The van der Waals surface area contributed by atoms with Gasteiger partial charge in [0.05, 0.1) is 25.0 Å². The quantitative estimate of drug-likeness (QED) is 0.709. The largest absolute Gasteiger partial charge is 0.389 e. The van der Waals surface area contributed by atoms with Gasteiger partial charge < -0.3 is 14.6 Å². The van der Waals surface area contributed by atoms with E-state index in [2.05, 4.69) is 15.9 Å². The second-order valence-corrected chi connectivity index (χ2v) is 5.75. The number of rotatable bonds is 8. The predicted molar refractivity (Wildman–Crippen MR) is 83.2 cm³/mol. The maximum atomic E-state index is 10.1. The van der Waals surface area contributed by atoms with Crippen molar-refractivity contribution >= 4 is 0 Å². The summed E-state index contributed by atoms with van der Waals surface area (Å²) in [5.41, 5.74) is 1.08. The number of hydrogen-bond donors (Lipinski definition) is 1. The molecule has 1 fully saturated rings. The molecule has 1 aliphatic heterocycles. The van der Waals surface area contributed by atoms with Crippen LogP contribution in [0.15, 0.2) is 12.4 Å². The minimum absolute atomic E-state index is 0.218. The van der Waals surface area contributed by atoms with Crippen molar-refractivity contribution in [1.29, 1.82) is 0 Å². The van der Waals surface area contributed by atoms with Crippen molar-refractivity contribution < 1.29 is 14.6 Å². The van der Waals surface area contributed by atoms with Crippen molar-refractivity contribution in [2.45, 2.75) is 38.1 Å². The molecule has 6 heteroatoms. The van der Waals surface area contributed by atoms with Crippen LogP contribution in [-0.4, -0.2) is 65.4 Å². The first-order chi connectivity index (χ1) is 10.7. The van der Waals surface area contributed by atoms with E-state index in [1.54, 1.807) is 10.9 Å². The molecule has 1 N–H and O–H groups in total. The third-order valence-corrected chi connectivity index (χ3v) is 3.61. The Bertz CT molecular complexity index is 477. The number of aliphatic hydroxyl groups is 1. The molecule has 22 heavy (non-hydrogen) atoms. The minimum Gasteiger partial charge on any atom is -0.389 e. The van der Waals surface area contributed by atoms with Crippen molar-refractivity contribution in [2.75, 3.05) is 33.4 Å². The van der Waals surface area contributed by atoms with E-state index in [1.807, 2.05) is 13.2 Å². The van der Waals surface area contributed by atoms with Crippen molar-refractivity contribution in [3.8, 4) is 12.3 Å². The molecule has 6 nitrogen and oxygen atoms in total. The summed E-state index contributed by atoms with van der Waals surface area (Å²) in [7, 11) is 1.97. The van der Waals surface area contributed by atoms with Gasteiger partial charge in [-0.2, -0.15) is 5.10 Å². The van der Waals surface area contributed by atoms with Gasteiger partial charge >= 0.3 is 0 Å². The Morgan fingerprint density at radius 3 is 3.09 bits per heavy atom. The van der Waals surface area contributed by atoms with Crippen LogP contribution in [-0.2, 0) is 22.6 Å². The molecule has 0 aromatic carbocycles. The third kappa shape index (κ3) is 5.78. The van der Waals surface area contributed by atoms with Crippen LogP contribution in [0, 0.1) is 12.3 Å². The summed E-state index contributed by atoms with van der Waals surface area (Å²) in [6.07, 6.45) is 10.5. The van der Waals surface area contributed by atoms with Crippen LogP contribution in [0.4, 0.5) is 0 Å². The average Bonchev–Trinajstić information content (AvgIpc) is 2.93. The Morgan fingerprint density at radius 1 is 1.59 bits per heavy atom. The lowest BCUT2D eigenvalue weighted by Gasteiger charge is -2.25. The molecule has 2 rings (SSSR count). The maximum absolute atomic E-state index is 10.1. The van der Waals surface area contributed by atoms with E-state index in [0.717, 1.165) is 38.2 Å². The van der Waals surface area contributed by atoms with Crippen LogP contribution in [0.5, 0.6) is 0 Å². The van der Waals surface area contributed by atoms with E-state index >= 15 is 0 Å². The SMILES string of the molecule is C#CCn1cc(CN(C)CC(O)COC2CCOCC2)cn1. The Labute approximate surface area is 132 Å². The van der Waals surface area contributed by atoms with E-state index in [1.165, 1.54) is 0 Å². The Morgan fingerprint density at radius 2 is 2.36 bits per heavy atom. The first kappa shape index (κ1) is 17.0. The molecule has 0 spiro atoms. The molecule has 1 unspecified atom stereocenters. The smallest absolute Gasteiger partial charge is 0.101 e. The molecule has 1 aromatic heterocycles. The summed E-state index contributed by atoms with van der Waals surface area (Å²) in [4.78, 5) is 2.05. The second kappa shape index (κ2) is 8.91. The summed E-state index contributed by atoms with van der Waals surface area (Å²) < 4.78 is 12.8. The molecule has 0 amide bonds. The minimum atomic E-state index is -0.492. The van der Waals surface area contributed by atoms with E-state index in [9.17, 15) is 5.11 Å². The molecule has 0 saturated carbocycles. The lowest BCUT2D eigenvalue weighted by molar-refractivity contribution is -0.0634. The highest BCUT2D eigenvalue weighted by Gasteiger charge is 2.17. The number of terminal acetylenes is 1. The van der Waals surface area contributed by atoms with Crippen molar-refractivity contribution in [3.05, 3.63) is 18.0 Å². The van der Waals surface area contributed by atoms with Crippen LogP contribution in [0.2, 0.25) is 0 Å². The van der Waals surface area contributed by atoms with Crippen LogP contribution < -0.4 is 0 Å². The normalized spacial score (nSPS) is 17.5. The molecule has 1 atom stereocenters. The van der Waals surface area contributed by atoms with Crippen LogP contribution in [0.25, 0.3) is 0 Å². The zero-order chi connectivity index (χ0) is 15.8. The van der Waals surface area contributed by atoms with Gasteiger partial charge in [0.2, 0.25) is 0 Å². The second-order valence-electron chi connectivity index (χ2n) is 5.75. The number of hydrogen-bond acceptors (Lipinski definition) is 5. The van der Waals surface area contributed by atoms with Gasteiger partial charge in [-0.05, 0) is 19.9 Å². The van der Waals surface area contributed by atoms with E-state index in [-0.39, 0.29) is 6.10 Å². The Hall–Kier alpha value is -1.39. The highest BCUT2D eigenvalue weighted by molar-refractivity contribution is 5.04. The van der Waals surface area contributed by atoms with Gasteiger partial charge in [0.1, 0.15) is 6.54 Å². The Kier molecular flexibility index (Phi) is 6.87. The molecule has 2 heterocycles. The van der Waals surface area contributed by atoms with Gasteiger partial charge in [0.25, 0.3) is 0 Å². The van der Waals surface area contributed by atoms with Gasteiger partial charge in [-0.3, -0.25) is 9.58 Å². The van der Waals surface area contributed by atoms with Crippen molar-refractivity contribution in [2.24, 2.45) is 0 Å². The summed E-state index contributed by atoms with van der Waals surface area (Å²) in [5, 5.41) is 14.3. The summed E-state index contributed by atoms with van der Waals surface area (Å²) in [6, 6.07) is 0. The van der Waals surface area contributed by atoms with Gasteiger partial charge in [0, 0.05) is 38.1 Å². The zero-order valence-electron chi connectivity index (χ0n) is 13.1. The fourth-order valence-corrected chi connectivity index (χ4v) is 2.55. The van der Waals surface area contributed by atoms with E-state index < -0.39 is 6.10 Å². The summed E-state index contributed by atoms with van der Waals surface area (Å²) in [6.45, 7) is 3.63. The van der Waals surface area contributed by atoms with Crippen LogP contribution in [0.1, 0.15) is 18.4 Å². The number of likely N-dealkylation sites (N-methyl/N-ethyl adjacent to an activating group) is 1. The Balaban J connectivity index is 1.66.